The van der Waals surface area contributed by atoms with E-state index in [1.165, 1.54) is 29.1 Å². The molecule has 0 aliphatic heterocycles. The Labute approximate surface area is 152 Å². The molecule has 1 aromatic carbocycles. The minimum Gasteiger partial charge on any atom is -0.480 e. The average Bonchev–Trinajstić information content (AvgIpc) is 3.31. The lowest BCUT2D eigenvalue weighted by atomic mass is 10.1. The van der Waals surface area contributed by atoms with E-state index in [1.54, 1.807) is 24.3 Å². The van der Waals surface area contributed by atoms with Crippen molar-refractivity contribution in [1.82, 2.24) is 9.55 Å². The number of nitrogens with zero attached hydrogens (tertiary/aromatic N) is 2. The average molecular weight is 366 g/mol. The van der Waals surface area contributed by atoms with E-state index in [4.69, 9.17) is 4.42 Å². The van der Waals surface area contributed by atoms with E-state index in [9.17, 15) is 14.7 Å². The smallest absolute Gasteiger partial charge is 0.326 e. The molecule has 4 aromatic rings. The normalized spacial score (nSPS) is 12.3. The van der Waals surface area contributed by atoms with Gasteiger partial charge in [-0.3, -0.25) is 9.36 Å². The summed E-state index contributed by atoms with van der Waals surface area (Å²) in [5.74, 6) is -0.205. The zero-order valence-electron chi connectivity index (χ0n) is 13.7. The van der Waals surface area contributed by atoms with Crippen LogP contribution in [0, 0.1) is 0 Å². The highest BCUT2D eigenvalue weighted by Crippen LogP contribution is 2.33. The Bertz CT molecular complexity index is 1140. The van der Waals surface area contributed by atoms with Crippen LogP contribution >= 0.6 is 11.3 Å². The fraction of sp³-hybridized carbons (Fsp3) is 0.105. The number of rotatable bonds is 4. The number of benzene rings is 1. The highest BCUT2D eigenvalue weighted by atomic mass is 32.1. The van der Waals surface area contributed by atoms with Crippen LogP contribution in [0.1, 0.15) is 13.0 Å². The number of hydrogen-bond acceptors (Lipinski definition) is 5. The number of furan rings is 1. The zero-order valence-corrected chi connectivity index (χ0v) is 14.6. The third-order valence-corrected chi connectivity index (χ3v) is 5.08. The number of hydrogen-bond donors (Lipinski definition) is 1. The van der Waals surface area contributed by atoms with Gasteiger partial charge in [-0.15, -0.1) is 11.3 Å². The number of carboxylic acid groups (broad SMARTS) is 1. The van der Waals surface area contributed by atoms with Crippen molar-refractivity contribution in [2.45, 2.75) is 13.0 Å². The number of carboxylic acids is 1. The summed E-state index contributed by atoms with van der Waals surface area (Å²) in [7, 11) is 0. The Morgan fingerprint density at radius 2 is 2.00 bits per heavy atom. The summed E-state index contributed by atoms with van der Waals surface area (Å²) < 4.78 is 6.65. The molecule has 26 heavy (non-hydrogen) atoms. The van der Waals surface area contributed by atoms with Gasteiger partial charge in [0.05, 0.1) is 11.6 Å². The van der Waals surface area contributed by atoms with Crippen LogP contribution < -0.4 is 5.56 Å². The van der Waals surface area contributed by atoms with Crippen molar-refractivity contribution in [3.8, 4) is 22.7 Å². The summed E-state index contributed by atoms with van der Waals surface area (Å²) in [5.41, 5.74) is 0.919. The van der Waals surface area contributed by atoms with Crippen LogP contribution in [0.4, 0.5) is 0 Å². The molecule has 1 unspecified atom stereocenters. The molecule has 0 aliphatic carbocycles. The first-order valence-corrected chi connectivity index (χ1v) is 8.81. The zero-order chi connectivity index (χ0) is 18.3. The number of fused-ring (bicyclic) bond motifs is 1. The second-order valence-corrected chi connectivity index (χ2v) is 6.66. The molecule has 6 nitrogen and oxygen atoms in total. The molecule has 4 rings (SSSR count). The maximum atomic E-state index is 13.3. The van der Waals surface area contributed by atoms with Gasteiger partial charge in [0.2, 0.25) is 0 Å². The van der Waals surface area contributed by atoms with Crippen LogP contribution in [-0.2, 0) is 4.79 Å². The lowest BCUT2D eigenvalue weighted by molar-refractivity contribution is -0.140. The summed E-state index contributed by atoms with van der Waals surface area (Å²) in [6, 6.07) is 11.6. The van der Waals surface area contributed by atoms with Crippen LogP contribution in [0.5, 0.6) is 0 Å². The van der Waals surface area contributed by atoms with E-state index in [0.29, 0.717) is 32.9 Å². The second kappa shape index (κ2) is 6.27. The van der Waals surface area contributed by atoms with E-state index >= 15 is 0 Å². The van der Waals surface area contributed by atoms with E-state index in [2.05, 4.69) is 4.98 Å². The molecule has 0 saturated heterocycles. The summed E-state index contributed by atoms with van der Waals surface area (Å²) in [6.45, 7) is 1.47. The SMILES string of the molecule is CC(C(=O)O)n1c(-c2ccccc2)nc2scc(-c3ccco3)c2c1=O. The fourth-order valence-electron chi connectivity index (χ4n) is 2.88. The Hall–Kier alpha value is -3.19. The van der Waals surface area contributed by atoms with Crippen molar-refractivity contribution in [3.63, 3.8) is 0 Å². The molecule has 3 heterocycles. The van der Waals surface area contributed by atoms with Crippen LogP contribution in [0.15, 0.2) is 63.3 Å². The first-order valence-electron chi connectivity index (χ1n) is 7.93. The van der Waals surface area contributed by atoms with Gasteiger partial charge < -0.3 is 9.52 Å². The summed E-state index contributed by atoms with van der Waals surface area (Å²) in [4.78, 5) is 30.1. The Balaban J connectivity index is 2.08. The first-order chi connectivity index (χ1) is 12.6. The monoisotopic (exact) mass is 366 g/mol. The van der Waals surface area contributed by atoms with Crippen LogP contribution in [0.25, 0.3) is 32.9 Å². The third-order valence-electron chi connectivity index (χ3n) is 4.20. The molecule has 0 fully saturated rings. The topological polar surface area (TPSA) is 85.3 Å². The molecule has 0 amide bonds. The fourth-order valence-corrected chi connectivity index (χ4v) is 3.79. The molecule has 0 radical (unpaired) electrons. The maximum Gasteiger partial charge on any atom is 0.326 e. The van der Waals surface area contributed by atoms with Crippen molar-refractivity contribution < 1.29 is 14.3 Å². The largest absolute Gasteiger partial charge is 0.480 e. The van der Waals surface area contributed by atoms with Crippen molar-refractivity contribution in [2.75, 3.05) is 0 Å². The Morgan fingerprint density at radius 1 is 1.23 bits per heavy atom. The van der Waals surface area contributed by atoms with Gasteiger partial charge in [-0.2, -0.15) is 0 Å². The molecule has 1 atom stereocenters. The molecule has 130 valence electrons. The van der Waals surface area contributed by atoms with Gasteiger partial charge in [-0.05, 0) is 19.1 Å². The quantitative estimate of drug-likeness (QED) is 0.589. The maximum absolute atomic E-state index is 13.3. The van der Waals surface area contributed by atoms with Gasteiger partial charge in [0.15, 0.2) is 0 Å². The van der Waals surface area contributed by atoms with Gasteiger partial charge in [0.1, 0.15) is 22.5 Å². The molecular formula is C19H14N2O4S. The number of carbonyl (C=O) groups is 1. The molecule has 7 heteroatoms. The van der Waals surface area contributed by atoms with Crippen molar-refractivity contribution >= 4 is 27.5 Å². The standard InChI is InChI=1S/C19H14N2O4S/c1-11(19(23)24)21-16(12-6-3-2-4-7-12)20-17-15(18(21)22)13(10-26-17)14-8-5-9-25-14/h2-11H,1H3,(H,23,24). The van der Waals surface area contributed by atoms with Crippen molar-refractivity contribution in [1.29, 1.82) is 0 Å². The van der Waals surface area contributed by atoms with Gasteiger partial charge in [0.25, 0.3) is 5.56 Å². The van der Waals surface area contributed by atoms with Crippen molar-refractivity contribution in [3.05, 3.63) is 64.5 Å². The molecule has 0 aliphatic rings. The molecule has 3 aromatic heterocycles. The lowest BCUT2D eigenvalue weighted by Gasteiger charge is -2.16. The van der Waals surface area contributed by atoms with E-state index in [-0.39, 0.29) is 0 Å². The molecule has 0 spiro atoms. The minimum absolute atomic E-state index is 0.339. The minimum atomic E-state index is -1.10. The number of aliphatic carboxylic acids is 1. The molecular weight excluding hydrogens is 352 g/mol. The van der Waals surface area contributed by atoms with E-state index in [1.807, 2.05) is 23.6 Å². The van der Waals surface area contributed by atoms with Crippen LogP contribution in [0.3, 0.4) is 0 Å². The van der Waals surface area contributed by atoms with Crippen molar-refractivity contribution in [2.24, 2.45) is 0 Å². The Morgan fingerprint density at radius 3 is 2.65 bits per heavy atom. The molecule has 0 bridgehead atoms. The van der Waals surface area contributed by atoms with Gasteiger partial charge in [-0.25, -0.2) is 9.78 Å². The summed E-state index contributed by atoms with van der Waals surface area (Å²) in [6.07, 6.45) is 1.53. The Kier molecular flexibility index (Phi) is 3.93. The lowest BCUT2D eigenvalue weighted by Crippen LogP contribution is -2.30. The van der Waals surface area contributed by atoms with E-state index < -0.39 is 17.6 Å². The van der Waals surface area contributed by atoms with E-state index in [0.717, 1.165) is 0 Å². The number of thiophene rings is 1. The van der Waals surface area contributed by atoms with Gasteiger partial charge in [-0.1, -0.05) is 30.3 Å². The summed E-state index contributed by atoms with van der Waals surface area (Å²) in [5, 5.41) is 11.7. The van der Waals surface area contributed by atoms with Gasteiger partial charge in [0, 0.05) is 16.5 Å². The second-order valence-electron chi connectivity index (χ2n) is 5.80. The predicted octanol–water partition coefficient (Wildman–Crippen LogP) is 4.03. The molecule has 0 saturated carbocycles. The number of aromatic nitrogens is 2. The first kappa shape index (κ1) is 16.3. The summed E-state index contributed by atoms with van der Waals surface area (Å²) >= 11 is 1.33. The van der Waals surface area contributed by atoms with Gasteiger partial charge >= 0.3 is 5.97 Å². The van der Waals surface area contributed by atoms with Crippen LogP contribution in [-0.4, -0.2) is 20.6 Å². The van der Waals surface area contributed by atoms with Crippen LogP contribution in [0.2, 0.25) is 0 Å². The highest BCUT2D eigenvalue weighted by molar-refractivity contribution is 7.17. The third kappa shape index (κ3) is 2.53. The highest BCUT2D eigenvalue weighted by Gasteiger charge is 2.24. The predicted molar refractivity (Wildman–Crippen MR) is 99.4 cm³/mol. The molecule has 1 N–H and O–H groups in total.